The zero-order chi connectivity index (χ0) is 19.5. The van der Waals surface area contributed by atoms with E-state index in [1.165, 1.54) is 37.8 Å². The third-order valence-corrected chi connectivity index (χ3v) is 6.15. The number of halogens is 1. The van der Waals surface area contributed by atoms with Crippen LogP contribution in [0.5, 0.6) is 5.75 Å². The van der Waals surface area contributed by atoms with Gasteiger partial charge in [0.25, 0.3) is 0 Å². The van der Waals surface area contributed by atoms with Crippen LogP contribution in [0.3, 0.4) is 0 Å². The molecule has 1 aliphatic carbocycles. The molecule has 0 aromatic heterocycles. The van der Waals surface area contributed by atoms with Crippen LogP contribution in [0.2, 0.25) is 0 Å². The van der Waals surface area contributed by atoms with Gasteiger partial charge < -0.3 is 14.6 Å². The van der Waals surface area contributed by atoms with E-state index in [1.54, 1.807) is 12.1 Å². The van der Waals surface area contributed by atoms with Crippen LogP contribution in [0.1, 0.15) is 46.5 Å². The summed E-state index contributed by atoms with van der Waals surface area (Å²) in [7, 11) is 0. The predicted octanol–water partition coefficient (Wildman–Crippen LogP) is 3.87. The van der Waals surface area contributed by atoms with E-state index >= 15 is 0 Å². The van der Waals surface area contributed by atoms with Crippen molar-refractivity contribution in [3.8, 4) is 5.75 Å². The van der Waals surface area contributed by atoms with Crippen molar-refractivity contribution in [2.24, 2.45) is 11.3 Å². The van der Waals surface area contributed by atoms with Crippen LogP contribution in [0, 0.1) is 17.2 Å². The maximum absolute atomic E-state index is 13.0. The van der Waals surface area contributed by atoms with Crippen LogP contribution in [-0.4, -0.2) is 54.6 Å². The third-order valence-electron chi connectivity index (χ3n) is 6.15. The van der Waals surface area contributed by atoms with Gasteiger partial charge in [0.2, 0.25) is 0 Å². The lowest BCUT2D eigenvalue weighted by Crippen LogP contribution is -2.52. The molecule has 0 amide bonds. The molecular weight excluding hydrogens is 345 g/mol. The number of rotatable bonds is 4. The molecule has 1 aromatic rings. The largest absolute Gasteiger partial charge is 0.490 e. The highest BCUT2D eigenvalue weighted by Gasteiger charge is 2.38. The highest BCUT2D eigenvalue weighted by Crippen LogP contribution is 2.39. The maximum Gasteiger partial charge on any atom is 0.134 e. The Hall–Kier alpha value is -1.17. The van der Waals surface area contributed by atoms with Gasteiger partial charge in [0.05, 0.1) is 13.2 Å². The Balaban J connectivity index is 1.57. The van der Waals surface area contributed by atoms with Gasteiger partial charge >= 0.3 is 0 Å². The van der Waals surface area contributed by atoms with Gasteiger partial charge in [-0.25, -0.2) is 4.39 Å². The average molecular weight is 380 g/mol. The lowest BCUT2D eigenvalue weighted by molar-refractivity contribution is -0.0691. The second kappa shape index (κ2) is 8.46. The molecule has 27 heavy (non-hydrogen) atoms. The van der Waals surface area contributed by atoms with E-state index in [9.17, 15) is 9.50 Å². The normalized spacial score (nSPS) is 30.7. The maximum atomic E-state index is 13.0. The van der Waals surface area contributed by atoms with Crippen LogP contribution < -0.4 is 4.74 Å². The van der Waals surface area contributed by atoms with E-state index in [0.717, 1.165) is 12.5 Å². The number of hydrogen-bond acceptors (Lipinski definition) is 4. The molecule has 1 atom stereocenters. The zero-order valence-electron chi connectivity index (χ0n) is 16.9. The van der Waals surface area contributed by atoms with Crippen molar-refractivity contribution >= 4 is 0 Å². The molecule has 0 spiro atoms. The van der Waals surface area contributed by atoms with E-state index in [2.05, 4.69) is 25.7 Å². The first-order valence-corrected chi connectivity index (χ1v) is 10.2. The summed E-state index contributed by atoms with van der Waals surface area (Å²) in [5.74, 6) is 1.04. The standard InChI is InChI=1S/C22H34FNO3/c1-21(2,3)17-4-8-19(9-5-17)24-12-13-26-15-22(25,14-24)16-27-20-10-6-18(23)7-11-20/h6-7,10-11,17,19,25H,4-5,8-9,12-16H2,1-3H3. The number of aliphatic hydroxyl groups is 1. The number of benzene rings is 1. The summed E-state index contributed by atoms with van der Waals surface area (Å²) in [4.78, 5) is 2.39. The molecule has 152 valence electrons. The van der Waals surface area contributed by atoms with Crippen LogP contribution >= 0.6 is 0 Å². The Morgan fingerprint density at radius 2 is 1.85 bits per heavy atom. The van der Waals surface area contributed by atoms with Crippen molar-refractivity contribution < 1.29 is 19.0 Å². The van der Waals surface area contributed by atoms with Crippen molar-refractivity contribution in [2.45, 2.75) is 58.1 Å². The minimum atomic E-state index is -1.05. The van der Waals surface area contributed by atoms with Gasteiger partial charge in [-0.1, -0.05) is 20.8 Å². The fourth-order valence-corrected chi connectivity index (χ4v) is 4.40. The molecule has 4 nitrogen and oxygen atoms in total. The molecule has 1 N–H and O–H groups in total. The Morgan fingerprint density at radius 1 is 1.19 bits per heavy atom. The van der Waals surface area contributed by atoms with Gasteiger partial charge in [-0.15, -0.1) is 0 Å². The number of ether oxygens (including phenoxy) is 2. The second-order valence-corrected chi connectivity index (χ2v) is 9.36. The molecule has 1 heterocycles. The molecule has 1 saturated heterocycles. The van der Waals surface area contributed by atoms with Gasteiger partial charge in [0, 0.05) is 19.1 Å². The zero-order valence-corrected chi connectivity index (χ0v) is 16.9. The second-order valence-electron chi connectivity index (χ2n) is 9.36. The summed E-state index contributed by atoms with van der Waals surface area (Å²) in [5.41, 5.74) is -0.678. The SMILES string of the molecule is CC(C)(C)C1CCC(N2CCOCC(O)(COc3ccc(F)cc3)C2)CC1. The molecule has 2 fully saturated rings. The number of nitrogens with zero attached hydrogens (tertiary/aromatic N) is 1. The minimum absolute atomic E-state index is 0.145. The van der Waals surface area contributed by atoms with Crippen molar-refractivity contribution in [1.82, 2.24) is 4.90 Å². The van der Waals surface area contributed by atoms with Crippen LogP contribution in [-0.2, 0) is 4.74 Å². The van der Waals surface area contributed by atoms with E-state index in [4.69, 9.17) is 9.47 Å². The first-order valence-electron chi connectivity index (χ1n) is 10.2. The summed E-state index contributed by atoms with van der Waals surface area (Å²) in [6, 6.07) is 6.40. The minimum Gasteiger partial charge on any atom is -0.490 e. The number of β-amino-alcohol motifs (C(OH)–C–C–N with tert-alkyl or cyclic N) is 1. The topological polar surface area (TPSA) is 41.9 Å². The Bertz CT molecular complexity index is 593. The van der Waals surface area contributed by atoms with Crippen LogP contribution in [0.25, 0.3) is 0 Å². The van der Waals surface area contributed by atoms with E-state index in [1.807, 2.05) is 0 Å². The summed E-state index contributed by atoms with van der Waals surface area (Å²) >= 11 is 0. The van der Waals surface area contributed by atoms with Gasteiger partial charge in [-0.3, -0.25) is 4.90 Å². The van der Waals surface area contributed by atoms with E-state index in [0.29, 0.717) is 30.4 Å². The summed E-state index contributed by atoms with van der Waals surface area (Å²) in [6.45, 7) is 9.46. The van der Waals surface area contributed by atoms with E-state index < -0.39 is 5.60 Å². The Labute approximate surface area is 162 Å². The molecule has 1 unspecified atom stereocenters. The molecule has 0 bridgehead atoms. The molecule has 5 heteroatoms. The summed E-state index contributed by atoms with van der Waals surface area (Å²) in [5, 5.41) is 11.1. The van der Waals surface area contributed by atoms with Crippen LogP contribution in [0.4, 0.5) is 4.39 Å². The van der Waals surface area contributed by atoms with Gasteiger partial charge in [-0.05, 0) is 61.3 Å². The summed E-state index contributed by atoms with van der Waals surface area (Å²) < 4.78 is 24.5. The highest BCUT2D eigenvalue weighted by molar-refractivity contribution is 5.22. The molecule has 2 aliphatic rings. The van der Waals surface area contributed by atoms with E-state index in [-0.39, 0.29) is 19.0 Å². The fraction of sp³-hybridized carbons (Fsp3) is 0.727. The average Bonchev–Trinajstić information content (AvgIpc) is 2.83. The van der Waals surface area contributed by atoms with Crippen molar-refractivity contribution in [3.05, 3.63) is 30.1 Å². The van der Waals surface area contributed by atoms with Crippen LogP contribution in [0.15, 0.2) is 24.3 Å². The van der Waals surface area contributed by atoms with Crippen molar-refractivity contribution in [2.75, 3.05) is 32.9 Å². The molecular formula is C22H34FNO3. The molecule has 1 saturated carbocycles. The van der Waals surface area contributed by atoms with Crippen molar-refractivity contribution in [3.63, 3.8) is 0 Å². The molecule has 0 radical (unpaired) electrons. The van der Waals surface area contributed by atoms with Gasteiger partial charge in [0.15, 0.2) is 0 Å². The Kier molecular flexibility index (Phi) is 6.44. The lowest BCUT2D eigenvalue weighted by atomic mass is 9.71. The molecule has 1 aromatic carbocycles. The molecule has 1 aliphatic heterocycles. The lowest BCUT2D eigenvalue weighted by Gasteiger charge is -2.42. The monoisotopic (exact) mass is 379 g/mol. The third kappa shape index (κ3) is 5.66. The first kappa shape index (κ1) is 20.6. The number of hydrogen-bond donors (Lipinski definition) is 1. The first-order chi connectivity index (χ1) is 12.8. The van der Waals surface area contributed by atoms with Gasteiger partial charge in [0.1, 0.15) is 23.8 Å². The van der Waals surface area contributed by atoms with Gasteiger partial charge in [-0.2, -0.15) is 0 Å². The highest BCUT2D eigenvalue weighted by atomic mass is 19.1. The molecule has 3 rings (SSSR count). The predicted molar refractivity (Wildman–Crippen MR) is 104 cm³/mol. The summed E-state index contributed by atoms with van der Waals surface area (Å²) in [6.07, 6.45) is 4.85. The smallest absolute Gasteiger partial charge is 0.134 e. The fourth-order valence-electron chi connectivity index (χ4n) is 4.40. The van der Waals surface area contributed by atoms with Crippen molar-refractivity contribution in [1.29, 1.82) is 0 Å². The Morgan fingerprint density at radius 3 is 2.48 bits per heavy atom. The quantitative estimate of drug-likeness (QED) is 0.862.